The van der Waals surface area contributed by atoms with E-state index in [-0.39, 0.29) is 5.02 Å². The zero-order valence-corrected chi connectivity index (χ0v) is 13.9. The van der Waals surface area contributed by atoms with Crippen LogP contribution < -0.4 is 5.32 Å². The van der Waals surface area contributed by atoms with Crippen LogP contribution in [-0.4, -0.2) is 19.6 Å². The first-order valence-electron chi connectivity index (χ1n) is 7.13. The Hall–Kier alpha value is -2.51. The lowest BCUT2D eigenvalue weighted by Crippen LogP contribution is -1.99. The summed E-state index contributed by atoms with van der Waals surface area (Å²) in [5, 5.41) is 8.54. The molecule has 120 valence electrons. The van der Waals surface area contributed by atoms with Crippen molar-refractivity contribution in [2.24, 2.45) is 0 Å². The van der Waals surface area contributed by atoms with Gasteiger partial charge in [-0.15, -0.1) is 5.10 Å². The Morgan fingerprint density at radius 1 is 1.29 bits per heavy atom. The van der Waals surface area contributed by atoms with Crippen LogP contribution in [0.3, 0.4) is 0 Å². The minimum Gasteiger partial charge on any atom is -0.356 e. The number of fused-ring (bicyclic) bond motifs is 1. The van der Waals surface area contributed by atoms with Crippen LogP contribution in [0.25, 0.3) is 16.2 Å². The van der Waals surface area contributed by atoms with Gasteiger partial charge in [0.1, 0.15) is 5.82 Å². The molecule has 8 heteroatoms. The second-order valence-electron chi connectivity index (χ2n) is 5.10. The second-order valence-corrected chi connectivity index (χ2v) is 6.47. The Morgan fingerprint density at radius 3 is 2.96 bits per heavy atom. The van der Waals surface area contributed by atoms with Crippen molar-refractivity contribution < 1.29 is 4.39 Å². The predicted molar refractivity (Wildman–Crippen MR) is 92.8 cm³/mol. The van der Waals surface area contributed by atoms with Crippen LogP contribution in [0.2, 0.25) is 5.02 Å². The minimum absolute atomic E-state index is 0.0793. The van der Waals surface area contributed by atoms with E-state index in [4.69, 9.17) is 11.6 Å². The molecule has 0 spiro atoms. The third-order valence-electron chi connectivity index (χ3n) is 3.43. The topological polar surface area (TPSA) is 55.1 Å². The van der Waals surface area contributed by atoms with E-state index in [1.807, 2.05) is 18.3 Å². The van der Waals surface area contributed by atoms with Crippen LogP contribution in [0.4, 0.5) is 9.52 Å². The number of aromatic nitrogens is 4. The highest BCUT2D eigenvalue weighted by Gasteiger charge is 2.11. The highest BCUT2D eigenvalue weighted by atomic mass is 35.5. The van der Waals surface area contributed by atoms with Crippen LogP contribution in [0, 0.1) is 5.82 Å². The van der Waals surface area contributed by atoms with Gasteiger partial charge >= 0.3 is 0 Å². The summed E-state index contributed by atoms with van der Waals surface area (Å²) in [6, 6.07) is 8.43. The molecule has 4 rings (SSSR count). The average Bonchev–Trinajstić information content (AvgIpc) is 3.15. The number of hydrogen-bond donors (Lipinski definition) is 1. The molecule has 0 atom stereocenters. The van der Waals surface area contributed by atoms with Crippen LogP contribution in [0.1, 0.15) is 5.56 Å². The van der Waals surface area contributed by atoms with Crippen molar-refractivity contribution in [1.82, 2.24) is 19.6 Å². The van der Waals surface area contributed by atoms with Crippen molar-refractivity contribution in [2.75, 3.05) is 5.32 Å². The summed E-state index contributed by atoms with van der Waals surface area (Å²) in [6.45, 7) is 0.644. The van der Waals surface area contributed by atoms with E-state index >= 15 is 0 Å². The number of benzene rings is 1. The van der Waals surface area contributed by atoms with Gasteiger partial charge in [0.15, 0.2) is 0 Å². The largest absolute Gasteiger partial charge is 0.356 e. The fourth-order valence-corrected chi connectivity index (χ4v) is 3.20. The molecule has 5 nitrogen and oxygen atoms in total. The number of anilines is 1. The van der Waals surface area contributed by atoms with E-state index < -0.39 is 5.82 Å². The van der Waals surface area contributed by atoms with E-state index in [0.717, 1.165) is 21.2 Å². The minimum atomic E-state index is -0.443. The molecule has 1 aromatic carbocycles. The van der Waals surface area contributed by atoms with Crippen molar-refractivity contribution in [2.45, 2.75) is 6.54 Å². The molecule has 0 aliphatic rings. The average molecular weight is 360 g/mol. The second kappa shape index (κ2) is 6.18. The number of nitrogens with one attached hydrogen (secondary N) is 1. The van der Waals surface area contributed by atoms with Gasteiger partial charge < -0.3 is 5.32 Å². The smallest absolute Gasteiger partial charge is 0.214 e. The Balaban J connectivity index is 1.55. The third kappa shape index (κ3) is 2.95. The zero-order chi connectivity index (χ0) is 16.5. The summed E-state index contributed by atoms with van der Waals surface area (Å²) in [7, 11) is 0. The molecule has 3 heterocycles. The maximum atomic E-state index is 13.3. The molecular formula is C16H11ClFN5S. The molecule has 3 aromatic heterocycles. The molecule has 0 fully saturated rings. The lowest BCUT2D eigenvalue weighted by atomic mass is 10.2. The van der Waals surface area contributed by atoms with Crippen LogP contribution in [0.5, 0.6) is 0 Å². The van der Waals surface area contributed by atoms with Gasteiger partial charge in [0, 0.05) is 24.5 Å². The maximum Gasteiger partial charge on any atom is 0.214 e. The fourth-order valence-electron chi connectivity index (χ4n) is 2.25. The summed E-state index contributed by atoms with van der Waals surface area (Å²) in [6.07, 6.45) is 5.34. The molecule has 1 N–H and O–H groups in total. The number of imidazole rings is 1. The van der Waals surface area contributed by atoms with E-state index in [1.165, 1.54) is 17.4 Å². The van der Waals surface area contributed by atoms with Gasteiger partial charge in [-0.25, -0.2) is 13.9 Å². The van der Waals surface area contributed by atoms with Crippen molar-refractivity contribution in [1.29, 1.82) is 0 Å². The van der Waals surface area contributed by atoms with E-state index in [0.29, 0.717) is 12.2 Å². The van der Waals surface area contributed by atoms with Gasteiger partial charge in [-0.1, -0.05) is 29.0 Å². The molecule has 0 bridgehead atoms. The number of rotatable bonds is 4. The summed E-state index contributed by atoms with van der Waals surface area (Å²) in [5.41, 5.74) is 2.53. The Bertz CT molecular complexity index is 967. The van der Waals surface area contributed by atoms with Crippen LogP contribution >= 0.6 is 22.9 Å². The molecule has 0 saturated carbocycles. The lowest BCUT2D eigenvalue weighted by molar-refractivity contribution is 0.628. The normalized spacial score (nSPS) is 11.1. The Kier molecular flexibility index (Phi) is 3.87. The van der Waals surface area contributed by atoms with Gasteiger partial charge in [-0.05, 0) is 29.8 Å². The molecule has 24 heavy (non-hydrogen) atoms. The van der Waals surface area contributed by atoms with Crippen molar-refractivity contribution >= 4 is 33.0 Å². The number of nitrogens with zero attached hydrogens (tertiary/aromatic N) is 4. The first-order chi connectivity index (χ1) is 11.7. The first-order valence-corrected chi connectivity index (χ1v) is 8.33. The number of hydrogen-bond acceptors (Lipinski definition) is 5. The van der Waals surface area contributed by atoms with E-state index in [1.54, 1.807) is 29.0 Å². The van der Waals surface area contributed by atoms with Crippen LogP contribution in [0.15, 0.2) is 48.9 Å². The summed E-state index contributed by atoms with van der Waals surface area (Å²) < 4.78 is 15.0. The predicted octanol–water partition coefficient (Wildman–Crippen LogP) is 4.26. The summed E-state index contributed by atoms with van der Waals surface area (Å²) in [5.74, 6) is -0.443. The van der Waals surface area contributed by atoms with Crippen LogP contribution in [-0.2, 0) is 6.54 Å². The van der Waals surface area contributed by atoms with Gasteiger partial charge in [0.2, 0.25) is 10.1 Å². The Morgan fingerprint density at radius 2 is 2.21 bits per heavy atom. The van der Waals surface area contributed by atoms with Crippen molar-refractivity contribution in [3.05, 3.63) is 65.3 Å². The van der Waals surface area contributed by atoms with Gasteiger partial charge in [0.25, 0.3) is 0 Å². The molecule has 0 aliphatic heterocycles. The van der Waals surface area contributed by atoms with Gasteiger partial charge in [-0.3, -0.25) is 4.98 Å². The highest BCUT2D eigenvalue weighted by Crippen LogP contribution is 2.27. The lowest BCUT2D eigenvalue weighted by Gasteiger charge is -2.01. The molecular weight excluding hydrogens is 349 g/mol. The molecule has 4 aromatic rings. The standard InChI is InChI=1S/C16H11ClFN5S/c17-12-6-11(3-4-13(12)18)14-9-23-16(21-14)24-15(22-23)20-8-10-2-1-5-19-7-10/h1-7,9H,8H2,(H,20,22). The Labute approximate surface area is 145 Å². The fraction of sp³-hybridized carbons (Fsp3) is 0.0625. The number of pyridine rings is 1. The molecule has 0 amide bonds. The van der Waals surface area contributed by atoms with E-state index in [9.17, 15) is 4.39 Å². The monoisotopic (exact) mass is 359 g/mol. The molecule has 0 unspecified atom stereocenters. The molecule has 0 saturated heterocycles. The molecule has 0 aliphatic carbocycles. The first kappa shape index (κ1) is 15.0. The van der Waals surface area contributed by atoms with Gasteiger partial charge in [-0.2, -0.15) is 0 Å². The summed E-state index contributed by atoms with van der Waals surface area (Å²) in [4.78, 5) is 9.34. The third-order valence-corrected chi connectivity index (χ3v) is 4.59. The molecule has 0 radical (unpaired) electrons. The maximum absolute atomic E-state index is 13.3. The quantitative estimate of drug-likeness (QED) is 0.591. The summed E-state index contributed by atoms with van der Waals surface area (Å²) >= 11 is 7.26. The SMILES string of the molecule is Fc1ccc(-c2cn3nc(NCc4cccnc4)sc3n2)cc1Cl. The van der Waals surface area contributed by atoms with Gasteiger partial charge in [0.05, 0.1) is 16.9 Å². The highest BCUT2D eigenvalue weighted by molar-refractivity contribution is 7.20. The number of halogens is 2. The zero-order valence-electron chi connectivity index (χ0n) is 12.3. The van der Waals surface area contributed by atoms with Crippen molar-refractivity contribution in [3.63, 3.8) is 0 Å². The van der Waals surface area contributed by atoms with E-state index in [2.05, 4.69) is 20.4 Å². The van der Waals surface area contributed by atoms with Crippen molar-refractivity contribution in [3.8, 4) is 11.3 Å².